The number of fused-ring (bicyclic) bond motifs is 1. The Kier molecular flexibility index (Phi) is 4.02. The van der Waals surface area contributed by atoms with Crippen LogP contribution in [0.25, 0.3) is 10.9 Å². The van der Waals surface area contributed by atoms with Crippen LogP contribution in [-0.4, -0.2) is 29.6 Å². The maximum Gasteiger partial charge on any atom is 0.330 e. The molecule has 1 aromatic heterocycles. The van der Waals surface area contributed by atoms with Crippen LogP contribution in [0.15, 0.2) is 30.5 Å². The van der Waals surface area contributed by atoms with Gasteiger partial charge < -0.3 is 14.6 Å². The zero-order valence-electron chi connectivity index (χ0n) is 11.2. The van der Waals surface area contributed by atoms with Crippen LogP contribution in [0, 0.1) is 5.82 Å². The van der Waals surface area contributed by atoms with E-state index < -0.39 is 12.0 Å². The van der Waals surface area contributed by atoms with Gasteiger partial charge in [0.05, 0.1) is 19.2 Å². The van der Waals surface area contributed by atoms with Crippen molar-refractivity contribution >= 4 is 22.8 Å². The van der Waals surface area contributed by atoms with Gasteiger partial charge in [0.1, 0.15) is 11.9 Å². The van der Waals surface area contributed by atoms with Crippen LogP contribution in [0.2, 0.25) is 0 Å². The van der Waals surface area contributed by atoms with Crippen molar-refractivity contribution < 1.29 is 18.7 Å². The lowest BCUT2D eigenvalue weighted by Crippen LogP contribution is -2.43. The van der Waals surface area contributed by atoms with Crippen LogP contribution in [0.1, 0.15) is 6.92 Å². The smallest absolute Gasteiger partial charge is 0.330 e. The number of hydrogen-bond donors (Lipinski definition) is 1. The van der Waals surface area contributed by atoms with E-state index in [1.807, 2.05) is 6.07 Å². The third-order valence-electron chi connectivity index (χ3n) is 2.98. The molecule has 1 amide bonds. The number of amides is 1. The van der Waals surface area contributed by atoms with Gasteiger partial charge in [-0.25, -0.2) is 9.18 Å². The highest BCUT2D eigenvalue weighted by atomic mass is 19.1. The van der Waals surface area contributed by atoms with E-state index in [2.05, 4.69) is 10.1 Å². The molecule has 0 saturated carbocycles. The van der Waals surface area contributed by atoms with Gasteiger partial charge in [-0.15, -0.1) is 0 Å². The number of halogens is 1. The first kappa shape index (κ1) is 14.0. The number of hydrogen-bond acceptors (Lipinski definition) is 3. The van der Waals surface area contributed by atoms with Crippen molar-refractivity contribution in [1.82, 2.24) is 9.88 Å². The van der Waals surface area contributed by atoms with Gasteiger partial charge in [0.2, 0.25) is 5.91 Å². The minimum absolute atomic E-state index is 0.180. The first-order valence-electron chi connectivity index (χ1n) is 6.10. The maximum absolute atomic E-state index is 13.3. The number of carbonyl (C=O) groups is 2. The van der Waals surface area contributed by atoms with E-state index in [1.54, 1.807) is 16.8 Å². The highest BCUT2D eigenvalue weighted by Crippen LogP contribution is 2.17. The number of carbonyl (C=O) groups excluding carboxylic acids is 2. The van der Waals surface area contributed by atoms with Crippen LogP contribution in [0.4, 0.5) is 4.39 Å². The van der Waals surface area contributed by atoms with E-state index in [9.17, 15) is 14.0 Å². The molecule has 1 atom stereocenters. The molecule has 0 aliphatic heterocycles. The zero-order valence-corrected chi connectivity index (χ0v) is 11.2. The van der Waals surface area contributed by atoms with E-state index >= 15 is 0 Å². The Labute approximate surface area is 115 Å². The van der Waals surface area contributed by atoms with Gasteiger partial charge in [-0.3, -0.25) is 4.79 Å². The number of ether oxygens (including phenoxy) is 1. The molecular weight excluding hydrogens is 263 g/mol. The van der Waals surface area contributed by atoms with Crippen molar-refractivity contribution in [3.05, 3.63) is 36.3 Å². The summed E-state index contributed by atoms with van der Waals surface area (Å²) in [6.45, 7) is 1.50. The van der Waals surface area contributed by atoms with Gasteiger partial charge in [-0.2, -0.15) is 0 Å². The minimum atomic E-state index is -0.809. The van der Waals surface area contributed by atoms with Crippen LogP contribution < -0.4 is 5.32 Å². The molecule has 0 fully saturated rings. The number of methoxy groups -OCH3 is 1. The minimum Gasteiger partial charge on any atom is -0.467 e. The van der Waals surface area contributed by atoms with Crippen molar-refractivity contribution in [2.24, 2.45) is 0 Å². The second-order valence-electron chi connectivity index (χ2n) is 4.45. The van der Waals surface area contributed by atoms with Crippen LogP contribution in [-0.2, 0) is 20.9 Å². The summed E-state index contributed by atoms with van der Waals surface area (Å²) >= 11 is 0. The third kappa shape index (κ3) is 2.96. The third-order valence-corrected chi connectivity index (χ3v) is 2.98. The zero-order chi connectivity index (χ0) is 14.7. The molecule has 0 aliphatic rings. The standard InChI is InChI=1S/C14H15FN2O3/c1-9(18)16-12(14(19)20-2)8-17-6-5-10-3-4-11(15)7-13(10)17/h3-7,12H,8H2,1-2H3,(H,16,18). The Hall–Kier alpha value is -2.37. The van der Waals surface area contributed by atoms with Gasteiger partial charge in [0.25, 0.3) is 0 Å². The maximum atomic E-state index is 13.3. The number of nitrogens with zero attached hydrogens (tertiary/aromatic N) is 1. The van der Waals surface area contributed by atoms with Crippen molar-refractivity contribution in [3.8, 4) is 0 Å². The van der Waals surface area contributed by atoms with Crippen LogP contribution in [0.3, 0.4) is 0 Å². The molecule has 1 N–H and O–H groups in total. The fourth-order valence-corrected chi connectivity index (χ4v) is 2.08. The number of nitrogens with one attached hydrogen (secondary N) is 1. The Morgan fingerprint density at radius 3 is 2.80 bits per heavy atom. The molecule has 1 unspecified atom stereocenters. The molecule has 0 radical (unpaired) electrons. The summed E-state index contributed by atoms with van der Waals surface area (Å²) in [5.74, 6) is -1.23. The van der Waals surface area contributed by atoms with E-state index in [0.29, 0.717) is 5.52 Å². The summed E-state index contributed by atoms with van der Waals surface area (Å²) in [5, 5.41) is 3.38. The molecule has 2 rings (SSSR count). The molecule has 1 heterocycles. The van der Waals surface area contributed by atoms with Gasteiger partial charge in [-0.05, 0) is 29.7 Å². The topological polar surface area (TPSA) is 60.3 Å². The van der Waals surface area contributed by atoms with Crippen molar-refractivity contribution in [3.63, 3.8) is 0 Å². The summed E-state index contributed by atoms with van der Waals surface area (Å²) in [6, 6.07) is 5.43. The lowest BCUT2D eigenvalue weighted by molar-refractivity contribution is -0.145. The Bertz CT molecular complexity index is 651. The molecule has 5 nitrogen and oxygen atoms in total. The molecular formula is C14H15FN2O3. The second kappa shape index (κ2) is 5.73. The fourth-order valence-electron chi connectivity index (χ4n) is 2.08. The Morgan fingerprint density at radius 1 is 1.40 bits per heavy atom. The highest BCUT2D eigenvalue weighted by Gasteiger charge is 2.21. The second-order valence-corrected chi connectivity index (χ2v) is 4.45. The van der Waals surface area contributed by atoms with Gasteiger partial charge in [0.15, 0.2) is 0 Å². The summed E-state index contributed by atoms with van der Waals surface area (Å²) in [5.41, 5.74) is 0.657. The summed E-state index contributed by atoms with van der Waals surface area (Å²) < 4.78 is 19.7. The predicted octanol–water partition coefficient (Wildman–Crippen LogP) is 1.46. The molecule has 106 valence electrons. The molecule has 20 heavy (non-hydrogen) atoms. The number of rotatable bonds is 4. The number of benzene rings is 1. The van der Waals surface area contributed by atoms with E-state index in [4.69, 9.17) is 0 Å². The van der Waals surface area contributed by atoms with E-state index in [1.165, 1.54) is 26.2 Å². The lowest BCUT2D eigenvalue weighted by Gasteiger charge is -2.16. The Balaban J connectivity index is 2.30. The van der Waals surface area contributed by atoms with Gasteiger partial charge in [0, 0.05) is 13.1 Å². The summed E-state index contributed by atoms with van der Waals surface area (Å²) in [4.78, 5) is 22.8. The molecule has 6 heteroatoms. The molecule has 0 aliphatic carbocycles. The highest BCUT2D eigenvalue weighted by molar-refractivity contribution is 5.84. The average Bonchev–Trinajstić information content (AvgIpc) is 2.79. The first-order chi connectivity index (χ1) is 9.51. The largest absolute Gasteiger partial charge is 0.467 e. The fraction of sp³-hybridized carbons (Fsp3) is 0.286. The number of aromatic nitrogens is 1. The van der Waals surface area contributed by atoms with Crippen molar-refractivity contribution in [1.29, 1.82) is 0 Å². The molecule has 0 saturated heterocycles. The number of esters is 1. The van der Waals surface area contributed by atoms with Crippen LogP contribution >= 0.6 is 0 Å². The van der Waals surface area contributed by atoms with Gasteiger partial charge in [-0.1, -0.05) is 0 Å². The quantitative estimate of drug-likeness (QED) is 0.861. The van der Waals surface area contributed by atoms with Crippen molar-refractivity contribution in [2.75, 3.05) is 7.11 Å². The lowest BCUT2D eigenvalue weighted by atomic mass is 10.2. The summed E-state index contributed by atoms with van der Waals surface area (Å²) in [6.07, 6.45) is 1.74. The predicted molar refractivity (Wildman–Crippen MR) is 71.5 cm³/mol. The van der Waals surface area contributed by atoms with Crippen molar-refractivity contribution in [2.45, 2.75) is 19.5 Å². The molecule has 1 aromatic carbocycles. The SMILES string of the molecule is COC(=O)C(Cn1ccc2ccc(F)cc21)NC(C)=O. The monoisotopic (exact) mass is 278 g/mol. The van der Waals surface area contributed by atoms with Crippen LogP contribution in [0.5, 0.6) is 0 Å². The first-order valence-corrected chi connectivity index (χ1v) is 6.10. The van der Waals surface area contributed by atoms with Gasteiger partial charge >= 0.3 is 5.97 Å². The van der Waals surface area contributed by atoms with E-state index in [0.717, 1.165) is 5.39 Å². The average molecular weight is 278 g/mol. The van der Waals surface area contributed by atoms with E-state index in [-0.39, 0.29) is 18.3 Å². The molecule has 0 bridgehead atoms. The summed E-state index contributed by atoms with van der Waals surface area (Å²) in [7, 11) is 1.25. The molecule has 2 aromatic rings. The normalized spacial score (nSPS) is 12.2. The Morgan fingerprint density at radius 2 is 2.15 bits per heavy atom. The molecule has 0 spiro atoms.